The van der Waals surface area contributed by atoms with Crippen LogP contribution in [-0.2, 0) is 4.79 Å². The van der Waals surface area contributed by atoms with Crippen molar-refractivity contribution in [3.05, 3.63) is 35.9 Å². The lowest BCUT2D eigenvalue weighted by molar-refractivity contribution is -0.141. The van der Waals surface area contributed by atoms with Crippen LogP contribution in [0.2, 0.25) is 0 Å². The van der Waals surface area contributed by atoms with E-state index < -0.39 is 18.2 Å². The van der Waals surface area contributed by atoms with Gasteiger partial charge >= 0.3 is 5.97 Å². The molecule has 0 aromatic heterocycles. The first kappa shape index (κ1) is 15.9. The van der Waals surface area contributed by atoms with Crippen LogP contribution in [0.15, 0.2) is 30.3 Å². The molecule has 0 heterocycles. The molecule has 1 aromatic rings. The molecule has 0 fully saturated rings. The maximum absolute atomic E-state index is 14.0. The lowest BCUT2D eigenvalue weighted by atomic mass is 10.0. The summed E-state index contributed by atoms with van der Waals surface area (Å²) in [4.78, 5) is 10.9. The highest BCUT2D eigenvalue weighted by Crippen LogP contribution is 2.21. The smallest absolute Gasteiger partial charge is 0.324 e. The van der Waals surface area contributed by atoms with Crippen LogP contribution in [0.5, 0.6) is 0 Å². The summed E-state index contributed by atoms with van der Waals surface area (Å²) in [7, 11) is 0. The Morgan fingerprint density at radius 3 is 2.24 bits per heavy atom. The van der Waals surface area contributed by atoms with Gasteiger partial charge in [0.05, 0.1) is 0 Å². The predicted molar refractivity (Wildman–Crippen MR) is 67.2 cm³/mol. The second-order valence-electron chi connectivity index (χ2n) is 3.95. The zero-order chi connectivity index (χ0) is 12.1. The second kappa shape index (κ2) is 7.25. The van der Waals surface area contributed by atoms with Gasteiger partial charge in [0.25, 0.3) is 0 Å². The van der Waals surface area contributed by atoms with Crippen molar-refractivity contribution in [2.45, 2.75) is 32.1 Å². The van der Waals surface area contributed by atoms with Gasteiger partial charge in [0, 0.05) is 6.04 Å². The summed E-state index contributed by atoms with van der Waals surface area (Å²) in [5.41, 5.74) is 0.378. The van der Waals surface area contributed by atoms with Crippen molar-refractivity contribution in [1.82, 2.24) is 5.32 Å². The van der Waals surface area contributed by atoms with Crippen molar-refractivity contribution >= 4 is 18.4 Å². The monoisotopic (exact) mass is 261 g/mol. The Bertz CT molecular complexity index is 346. The normalized spacial score (nSPS) is 13.9. The molecule has 0 aliphatic carbocycles. The van der Waals surface area contributed by atoms with Crippen LogP contribution in [-0.4, -0.2) is 23.2 Å². The maximum Gasteiger partial charge on any atom is 0.324 e. The number of benzene rings is 1. The van der Waals surface area contributed by atoms with Crippen molar-refractivity contribution < 1.29 is 14.3 Å². The van der Waals surface area contributed by atoms with Crippen molar-refractivity contribution in [3.8, 4) is 0 Å². The predicted octanol–water partition coefficient (Wildman–Crippen LogP) is 2.57. The van der Waals surface area contributed by atoms with Gasteiger partial charge in [-0.15, -0.1) is 12.4 Å². The zero-order valence-electron chi connectivity index (χ0n) is 9.76. The molecule has 0 bridgehead atoms. The third kappa shape index (κ3) is 4.71. The lowest BCUT2D eigenvalue weighted by Gasteiger charge is -2.21. The molecule has 96 valence electrons. The van der Waals surface area contributed by atoms with Crippen LogP contribution in [0.25, 0.3) is 0 Å². The van der Waals surface area contributed by atoms with E-state index >= 15 is 0 Å². The number of hydrogen-bond acceptors (Lipinski definition) is 2. The van der Waals surface area contributed by atoms with E-state index in [-0.39, 0.29) is 18.4 Å². The van der Waals surface area contributed by atoms with E-state index in [1.807, 2.05) is 0 Å². The van der Waals surface area contributed by atoms with Crippen molar-refractivity contribution in [2.24, 2.45) is 0 Å². The number of nitrogens with one attached hydrogen (secondary N) is 1. The summed E-state index contributed by atoms with van der Waals surface area (Å²) in [6.45, 7) is 3.57. The third-order valence-electron chi connectivity index (χ3n) is 2.19. The number of carbonyl (C=O) groups is 1. The average Bonchev–Trinajstić information content (AvgIpc) is 2.25. The number of alkyl halides is 1. The summed E-state index contributed by atoms with van der Waals surface area (Å²) >= 11 is 0. The van der Waals surface area contributed by atoms with Gasteiger partial charge in [0.15, 0.2) is 6.17 Å². The van der Waals surface area contributed by atoms with E-state index in [1.165, 1.54) is 0 Å². The van der Waals surface area contributed by atoms with Crippen LogP contribution in [0.4, 0.5) is 4.39 Å². The van der Waals surface area contributed by atoms with Crippen molar-refractivity contribution in [2.75, 3.05) is 0 Å². The standard InChI is InChI=1S/C12H16FNO2.ClH/c1-8(2)14-11(12(15)16)10(13)9-6-4-3-5-7-9;/h3-8,10-11,14H,1-2H3,(H,15,16);1H/t10?,11-;/m0./s1. The minimum atomic E-state index is -1.54. The fourth-order valence-electron chi connectivity index (χ4n) is 1.47. The number of carboxylic acid groups (broad SMARTS) is 1. The molecule has 1 aromatic carbocycles. The topological polar surface area (TPSA) is 49.3 Å². The van der Waals surface area contributed by atoms with Crippen molar-refractivity contribution in [1.29, 1.82) is 0 Å². The van der Waals surface area contributed by atoms with Gasteiger partial charge in [-0.05, 0) is 5.56 Å². The largest absolute Gasteiger partial charge is 0.480 e. The van der Waals surface area contributed by atoms with Crippen LogP contribution in [0.1, 0.15) is 25.6 Å². The molecule has 2 N–H and O–H groups in total. The Balaban J connectivity index is 0.00000256. The first-order valence-electron chi connectivity index (χ1n) is 5.20. The Labute approximate surface area is 106 Å². The second-order valence-corrected chi connectivity index (χ2v) is 3.95. The summed E-state index contributed by atoms with van der Waals surface area (Å²) in [5.74, 6) is -1.18. The Morgan fingerprint density at radius 2 is 1.82 bits per heavy atom. The SMILES string of the molecule is CC(C)N[C@H](C(=O)O)C(F)c1ccccc1.Cl. The molecule has 0 aliphatic rings. The number of rotatable bonds is 5. The molecule has 0 spiro atoms. The molecule has 2 atom stereocenters. The van der Waals surface area contributed by atoms with Gasteiger partial charge in [0.2, 0.25) is 0 Å². The molecule has 0 saturated heterocycles. The molecule has 0 radical (unpaired) electrons. The van der Waals surface area contributed by atoms with Crippen LogP contribution < -0.4 is 5.32 Å². The summed E-state index contributed by atoms with van der Waals surface area (Å²) in [6.07, 6.45) is -1.54. The van der Waals surface area contributed by atoms with Gasteiger partial charge in [-0.25, -0.2) is 4.39 Å². The minimum Gasteiger partial charge on any atom is -0.480 e. The van der Waals surface area contributed by atoms with Crippen LogP contribution >= 0.6 is 12.4 Å². The van der Waals surface area contributed by atoms with E-state index in [0.29, 0.717) is 5.56 Å². The van der Waals surface area contributed by atoms with E-state index in [9.17, 15) is 9.18 Å². The van der Waals surface area contributed by atoms with Gasteiger partial charge in [-0.1, -0.05) is 44.2 Å². The molecule has 0 amide bonds. The van der Waals surface area contributed by atoms with Crippen molar-refractivity contribution in [3.63, 3.8) is 0 Å². The van der Waals surface area contributed by atoms with Gasteiger partial charge in [0.1, 0.15) is 6.04 Å². The third-order valence-corrected chi connectivity index (χ3v) is 2.19. The van der Waals surface area contributed by atoms with E-state index in [4.69, 9.17) is 5.11 Å². The lowest BCUT2D eigenvalue weighted by Crippen LogP contribution is -2.43. The number of halogens is 2. The molecular formula is C12H17ClFNO2. The van der Waals surface area contributed by atoms with E-state index in [1.54, 1.807) is 44.2 Å². The molecule has 17 heavy (non-hydrogen) atoms. The highest BCUT2D eigenvalue weighted by molar-refractivity contribution is 5.85. The quantitative estimate of drug-likeness (QED) is 0.857. The van der Waals surface area contributed by atoms with Crippen LogP contribution in [0.3, 0.4) is 0 Å². The fourth-order valence-corrected chi connectivity index (χ4v) is 1.47. The van der Waals surface area contributed by atoms with Crippen LogP contribution in [0, 0.1) is 0 Å². The van der Waals surface area contributed by atoms with E-state index in [2.05, 4.69) is 5.32 Å². The fraction of sp³-hybridized carbons (Fsp3) is 0.417. The van der Waals surface area contributed by atoms with E-state index in [0.717, 1.165) is 0 Å². The maximum atomic E-state index is 14.0. The molecule has 5 heteroatoms. The Hall–Kier alpha value is -1.13. The molecule has 1 rings (SSSR count). The molecular weight excluding hydrogens is 245 g/mol. The number of hydrogen-bond donors (Lipinski definition) is 2. The molecule has 3 nitrogen and oxygen atoms in total. The highest BCUT2D eigenvalue weighted by Gasteiger charge is 2.29. The first-order valence-corrected chi connectivity index (χ1v) is 5.20. The van der Waals surface area contributed by atoms with Gasteiger partial charge in [-0.2, -0.15) is 0 Å². The van der Waals surface area contributed by atoms with Gasteiger partial charge in [-0.3, -0.25) is 10.1 Å². The number of aliphatic carboxylic acids is 1. The average molecular weight is 262 g/mol. The minimum absolute atomic E-state index is 0. The summed E-state index contributed by atoms with van der Waals surface area (Å²) in [5, 5.41) is 11.7. The first-order chi connectivity index (χ1) is 7.52. The Kier molecular flexibility index (Phi) is 6.76. The zero-order valence-corrected chi connectivity index (χ0v) is 10.6. The Morgan fingerprint density at radius 1 is 1.29 bits per heavy atom. The molecule has 0 aliphatic heterocycles. The van der Waals surface area contributed by atoms with Gasteiger partial charge < -0.3 is 5.11 Å². The highest BCUT2D eigenvalue weighted by atomic mass is 35.5. The number of carboxylic acids is 1. The molecule has 0 saturated carbocycles. The summed E-state index contributed by atoms with van der Waals surface area (Å²) < 4.78 is 14.0. The summed E-state index contributed by atoms with van der Waals surface area (Å²) in [6, 6.07) is 7.03. The molecule has 1 unspecified atom stereocenters.